The van der Waals surface area contributed by atoms with E-state index in [-0.39, 0.29) is 0 Å². The molecule has 0 atom stereocenters. The van der Waals surface area contributed by atoms with Gasteiger partial charge in [-0.3, -0.25) is 0 Å². The average Bonchev–Trinajstić information content (AvgIpc) is 2.17. The summed E-state index contributed by atoms with van der Waals surface area (Å²) in [5.41, 5.74) is 1.41. The van der Waals surface area contributed by atoms with Gasteiger partial charge >= 0.3 is 0 Å². The van der Waals surface area contributed by atoms with Gasteiger partial charge in [0.05, 0.1) is 0 Å². The SMILES string of the molecule is C=C/C=C(/Br)CCCC(/C=C\C)=C/C. The van der Waals surface area contributed by atoms with Gasteiger partial charge < -0.3 is 0 Å². The summed E-state index contributed by atoms with van der Waals surface area (Å²) in [7, 11) is 0. The third-order valence-electron chi connectivity index (χ3n) is 1.93. The summed E-state index contributed by atoms with van der Waals surface area (Å²) >= 11 is 3.50. The number of hydrogen-bond acceptors (Lipinski definition) is 0. The molecule has 0 aliphatic rings. The Hall–Kier alpha value is -0.560. The second-order valence-corrected chi connectivity index (χ2v) is 4.08. The highest BCUT2D eigenvalue weighted by Crippen LogP contribution is 2.17. The average molecular weight is 255 g/mol. The van der Waals surface area contributed by atoms with Crippen LogP contribution in [0.4, 0.5) is 0 Å². The highest BCUT2D eigenvalue weighted by atomic mass is 79.9. The summed E-state index contributed by atoms with van der Waals surface area (Å²) in [6.07, 6.45) is 13.6. The fourth-order valence-corrected chi connectivity index (χ4v) is 1.68. The van der Waals surface area contributed by atoms with Crippen molar-refractivity contribution in [3.63, 3.8) is 0 Å². The Morgan fingerprint density at radius 1 is 1.29 bits per heavy atom. The van der Waals surface area contributed by atoms with Crippen molar-refractivity contribution in [1.82, 2.24) is 0 Å². The fourth-order valence-electron chi connectivity index (χ4n) is 1.21. The fraction of sp³-hybridized carbons (Fsp3) is 0.385. The van der Waals surface area contributed by atoms with Crippen molar-refractivity contribution in [2.75, 3.05) is 0 Å². The van der Waals surface area contributed by atoms with Gasteiger partial charge in [-0.05, 0) is 37.6 Å². The zero-order valence-electron chi connectivity index (χ0n) is 9.09. The van der Waals surface area contributed by atoms with Gasteiger partial charge in [0, 0.05) is 0 Å². The van der Waals surface area contributed by atoms with E-state index in [4.69, 9.17) is 0 Å². The Labute approximate surface area is 96.2 Å². The first-order chi connectivity index (χ1) is 6.74. The lowest BCUT2D eigenvalue weighted by Crippen LogP contribution is -1.80. The lowest BCUT2D eigenvalue weighted by Gasteiger charge is -2.01. The van der Waals surface area contributed by atoms with Gasteiger partial charge in [-0.15, -0.1) is 0 Å². The summed E-state index contributed by atoms with van der Waals surface area (Å²) in [5.74, 6) is 0. The van der Waals surface area contributed by atoms with E-state index < -0.39 is 0 Å². The minimum Gasteiger partial charge on any atom is -0.0990 e. The van der Waals surface area contributed by atoms with Crippen molar-refractivity contribution in [3.05, 3.63) is 47.0 Å². The zero-order chi connectivity index (χ0) is 10.8. The molecule has 0 aliphatic carbocycles. The van der Waals surface area contributed by atoms with Gasteiger partial charge in [0.2, 0.25) is 0 Å². The standard InChI is InChI=1S/C13H19Br/c1-4-8-12(6-3)10-7-11-13(14)9-5-2/h4-6,8-9H,2,7,10-11H2,1,3H3/b8-4-,12-6+,13-9+. The van der Waals surface area contributed by atoms with Gasteiger partial charge in [0.1, 0.15) is 0 Å². The van der Waals surface area contributed by atoms with Crippen LogP contribution in [0, 0.1) is 0 Å². The molecule has 0 N–H and O–H groups in total. The Bertz CT molecular complexity index is 244. The quantitative estimate of drug-likeness (QED) is 0.576. The maximum absolute atomic E-state index is 3.66. The van der Waals surface area contributed by atoms with E-state index in [0.29, 0.717) is 0 Å². The highest BCUT2D eigenvalue weighted by molar-refractivity contribution is 9.11. The molecule has 14 heavy (non-hydrogen) atoms. The van der Waals surface area contributed by atoms with Crippen LogP contribution in [0.1, 0.15) is 33.1 Å². The molecule has 0 aromatic carbocycles. The summed E-state index contributed by atoms with van der Waals surface area (Å²) in [4.78, 5) is 0. The molecule has 0 nitrogen and oxygen atoms in total. The van der Waals surface area contributed by atoms with E-state index in [1.165, 1.54) is 16.5 Å². The summed E-state index contributed by atoms with van der Waals surface area (Å²) in [5, 5.41) is 0. The van der Waals surface area contributed by atoms with Crippen molar-refractivity contribution in [3.8, 4) is 0 Å². The van der Waals surface area contributed by atoms with E-state index in [0.717, 1.165) is 12.8 Å². The molecule has 0 aromatic rings. The predicted octanol–water partition coefficient (Wildman–Crippen LogP) is 5.14. The minimum atomic E-state index is 1.08. The second kappa shape index (κ2) is 9.01. The molecule has 0 bridgehead atoms. The Morgan fingerprint density at radius 2 is 2.00 bits per heavy atom. The molecule has 0 rings (SSSR count). The van der Waals surface area contributed by atoms with E-state index in [1.54, 1.807) is 0 Å². The molecule has 78 valence electrons. The van der Waals surface area contributed by atoms with Crippen LogP contribution in [-0.2, 0) is 0 Å². The Morgan fingerprint density at radius 3 is 2.50 bits per heavy atom. The van der Waals surface area contributed by atoms with Crippen molar-refractivity contribution in [1.29, 1.82) is 0 Å². The first-order valence-corrected chi connectivity index (χ1v) is 5.78. The molecular weight excluding hydrogens is 236 g/mol. The number of allylic oxidation sites excluding steroid dienone is 7. The van der Waals surface area contributed by atoms with Crippen LogP contribution in [0.15, 0.2) is 47.0 Å². The predicted molar refractivity (Wildman–Crippen MR) is 69.6 cm³/mol. The number of halogens is 1. The molecule has 0 aliphatic heterocycles. The second-order valence-electron chi connectivity index (χ2n) is 3.07. The molecule has 0 saturated carbocycles. The van der Waals surface area contributed by atoms with Crippen LogP contribution in [0.2, 0.25) is 0 Å². The minimum absolute atomic E-state index is 1.08. The van der Waals surface area contributed by atoms with Crippen LogP contribution < -0.4 is 0 Å². The summed E-state index contributed by atoms with van der Waals surface area (Å²) in [6.45, 7) is 7.80. The van der Waals surface area contributed by atoms with Gasteiger partial charge in [-0.2, -0.15) is 0 Å². The van der Waals surface area contributed by atoms with Crippen molar-refractivity contribution >= 4 is 15.9 Å². The van der Waals surface area contributed by atoms with Crippen molar-refractivity contribution in [2.45, 2.75) is 33.1 Å². The summed E-state index contributed by atoms with van der Waals surface area (Å²) < 4.78 is 1.23. The summed E-state index contributed by atoms with van der Waals surface area (Å²) in [6, 6.07) is 0. The van der Waals surface area contributed by atoms with E-state index in [9.17, 15) is 0 Å². The lowest BCUT2D eigenvalue weighted by atomic mass is 10.1. The van der Waals surface area contributed by atoms with Crippen LogP contribution in [0.5, 0.6) is 0 Å². The van der Waals surface area contributed by atoms with Crippen LogP contribution >= 0.6 is 15.9 Å². The highest BCUT2D eigenvalue weighted by Gasteiger charge is 1.94. The molecule has 0 fully saturated rings. The topological polar surface area (TPSA) is 0 Å². The maximum atomic E-state index is 3.66. The normalized spacial score (nSPS) is 13.6. The molecule has 1 heteroatoms. The molecule has 0 radical (unpaired) electrons. The Balaban J connectivity index is 3.83. The van der Waals surface area contributed by atoms with Crippen LogP contribution in [0.25, 0.3) is 0 Å². The number of rotatable bonds is 6. The molecule has 0 spiro atoms. The van der Waals surface area contributed by atoms with Crippen molar-refractivity contribution in [2.24, 2.45) is 0 Å². The maximum Gasteiger partial charge on any atom is -0.00495 e. The van der Waals surface area contributed by atoms with Gasteiger partial charge in [-0.1, -0.05) is 58.5 Å². The molecular formula is C13H19Br. The zero-order valence-corrected chi connectivity index (χ0v) is 10.7. The van der Waals surface area contributed by atoms with Gasteiger partial charge in [-0.25, -0.2) is 0 Å². The van der Waals surface area contributed by atoms with Crippen LogP contribution in [0.3, 0.4) is 0 Å². The van der Waals surface area contributed by atoms with Crippen LogP contribution in [-0.4, -0.2) is 0 Å². The van der Waals surface area contributed by atoms with E-state index in [2.05, 4.69) is 54.6 Å². The van der Waals surface area contributed by atoms with Crippen molar-refractivity contribution < 1.29 is 0 Å². The van der Waals surface area contributed by atoms with E-state index in [1.807, 2.05) is 12.2 Å². The molecule has 0 amide bonds. The van der Waals surface area contributed by atoms with Gasteiger partial charge in [0.25, 0.3) is 0 Å². The molecule has 0 unspecified atom stereocenters. The lowest BCUT2D eigenvalue weighted by molar-refractivity contribution is 0.839. The smallest absolute Gasteiger partial charge is 0.00495 e. The Kier molecular flexibility index (Phi) is 8.65. The monoisotopic (exact) mass is 254 g/mol. The third-order valence-corrected chi connectivity index (χ3v) is 2.59. The van der Waals surface area contributed by atoms with Gasteiger partial charge in [0.15, 0.2) is 0 Å². The molecule has 0 aromatic heterocycles. The first kappa shape index (κ1) is 13.4. The third kappa shape index (κ3) is 6.90. The first-order valence-electron chi connectivity index (χ1n) is 4.99. The van der Waals surface area contributed by atoms with E-state index >= 15 is 0 Å². The number of hydrogen-bond donors (Lipinski definition) is 0. The molecule has 0 heterocycles. The largest absolute Gasteiger partial charge is 0.0990 e. The molecule has 0 saturated heterocycles.